The normalized spacial score (nSPS) is 21.5. The fourth-order valence-electron chi connectivity index (χ4n) is 1.89. The van der Waals surface area contributed by atoms with E-state index >= 15 is 0 Å². The molecule has 0 saturated carbocycles. The molecule has 0 fully saturated rings. The maximum absolute atomic E-state index is 10.6. The molecule has 1 aliphatic rings. The molecule has 0 aliphatic heterocycles. The third-order valence-corrected chi connectivity index (χ3v) is 3.14. The van der Waals surface area contributed by atoms with Crippen molar-refractivity contribution < 1.29 is 9.90 Å². The number of nitrogens with one attached hydrogen (secondary N) is 1. The highest BCUT2D eigenvalue weighted by atomic mass is 35.5. The second-order valence-corrected chi connectivity index (χ2v) is 4.71. The zero-order chi connectivity index (χ0) is 11.7. The molecule has 1 aromatic heterocycles. The number of rotatable bonds is 3. The summed E-state index contributed by atoms with van der Waals surface area (Å²) in [7, 11) is 0. The van der Waals surface area contributed by atoms with Gasteiger partial charge in [0.1, 0.15) is 11.9 Å². The van der Waals surface area contributed by atoms with Crippen LogP contribution < -0.4 is 5.73 Å². The van der Waals surface area contributed by atoms with Crippen LogP contribution in [0.4, 0.5) is 0 Å². The highest BCUT2D eigenvalue weighted by Crippen LogP contribution is 2.22. The lowest BCUT2D eigenvalue weighted by molar-refractivity contribution is -0.138. The van der Waals surface area contributed by atoms with Crippen LogP contribution in [-0.2, 0) is 24.1 Å². The van der Waals surface area contributed by atoms with E-state index in [-0.39, 0.29) is 11.8 Å². The predicted octanol–water partition coefficient (Wildman–Crippen LogP) is 0.460. The third kappa shape index (κ3) is 2.36. The van der Waals surface area contributed by atoms with Gasteiger partial charge in [-0.1, -0.05) is 0 Å². The van der Waals surface area contributed by atoms with E-state index in [0.717, 1.165) is 30.7 Å². The molecule has 1 aromatic rings. The lowest BCUT2D eigenvalue weighted by Crippen LogP contribution is -2.32. The van der Waals surface area contributed by atoms with Gasteiger partial charge < -0.3 is 15.8 Å². The van der Waals surface area contributed by atoms with Crippen LogP contribution in [0.1, 0.15) is 23.6 Å². The molecule has 6 heteroatoms. The number of hydrogen-bond donors (Lipinski definition) is 3. The standard InChI is InChI=1S/C10H14ClN3O2/c11-5-1-2-7-8(3-5)14-9(13-7)4-6(12)10(15)16/h5-6H,1-4,12H2,(H,13,14)(H,15,16)/t5?,6-/m1/s1. The van der Waals surface area contributed by atoms with Gasteiger partial charge in [0.2, 0.25) is 0 Å². The summed E-state index contributed by atoms with van der Waals surface area (Å²) in [6.07, 6.45) is 2.77. The van der Waals surface area contributed by atoms with Crippen LogP contribution in [0, 0.1) is 0 Å². The Bertz CT molecular complexity index is 405. The first-order valence-electron chi connectivity index (χ1n) is 5.25. The Morgan fingerprint density at radius 1 is 1.75 bits per heavy atom. The molecule has 16 heavy (non-hydrogen) atoms. The van der Waals surface area contributed by atoms with Gasteiger partial charge in [0.05, 0.1) is 5.69 Å². The number of aryl methyl sites for hydroxylation is 1. The van der Waals surface area contributed by atoms with Crippen molar-refractivity contribution in [1.29, 1.82) is 0 Å². The van der Waals surface area contributed by atoms with Crippen LogP contribution in [0.5, 0.6) is 0 Å². The molecule has 5 nitrogen and oxygen atoms in total. The number of halogens is 1. The first-order chi connectivity index (χ1) is 7.56. The second kappa shape index (κ2) is 4.43. The number of carboxylic acid groups (broad SMARTS) is 1. The monoisotopic (exact) mass is 243 g/mol. The number of H-pyrrole nitrogens is 1. The number of aromatic amines is 1. The van der Waals surface area contributed by atoms with Crippen molar-refractivity contribution in [3.05, 3.63) is 17.2 Å². The second-order valence-electron chi connectivity index (χ2n) is 4.10. The lowest BCUT2D eigenvalue weighted by atomic mass is 10.0. The van der Waals surface area contributed by atoms with E-state index in [4.69, 9.17) is 22.4 Å². The number of fused-ring (bicyclic) bond motifs is 1. The average molecular weight is 244 g/mol. The molecule has 0 bridgehead atoms. The lowest BCUT2D eigenvalue weighted by Gasteiger charge is -2.14. The highest BCUT2D eigenvalue weighted by molar-refractivity contribution is 6.20. The van der Waals surface area contributed by atoms with Crippen LogP contribution in [0.3, 0.4) is 0 Å². The molecule has 0 saturated heterocycles. The Hall–Kier alpha value is -1.07. The van der Waals surface area contributed by atoms with E-state index in [2.05, 4.69) is 9.97 Å². The number of imidazole rings is 1. The van der Waals surface area contributed by atoms with Crippen molar-refractivity contribution >= 4 is 17.6 Å². The molecule has 2 rings (SSSR count). The van der Waals surface area contributed by atoms with E-state index in [1.807, 2.05) is 0 Å². The summed E-state index contributed by atoms with van der Waals surface area (Å²) >= 11 is 6.04. The van der Waals surface area contributed by atoms with E-state index < -0.39 is 12.0 Å². The van der Waals surface area contributed by atoms with Gasteiger partial charge >= 0.3 is 5.97 Å². The summed E-state index contributed by atoms with van der Waals surface area (Å²) in [5, 5.41) is 8.85. The van der Waals surface area contributed by atoms with Crippen molar-refractivity contribution in [2.45, 2.75) is 37.1 Å². The van der Waals surface area contributed by atoms with E-state index in [0.29, 0.717) is 5.82 Å². The molecule has 4 N–H and O–H groups in total. The number of alkyl halides is 1. The summed E-state index contributed by atoms with van der Waals surface area (Å²) in [5.74, 6) is -0.366. The maximum atomic E-state index is 10.6. The molecule has 0 amide bonds. The molecule has 1 heterocycles. The number of aliphatic carboxylic acids is 1. The molecular formula is C10H14ClN3O2. The molecule has 0 spiro atoms. The minimum atomic E-state index is -1.01. The van der Waals surface area contributed by atoms with Gasteiger partial charge in [-0.2, -0.15) is 0 Å². The Kier molecular flexibility index (Phi) is 3.16. The largest absolute Gasteiger partial charge is 0.480 e. The summed E-state index contributed by atoms with van der Waals surface area (Å²) in [6, 6.07) is -0.903. The Morgan fingerprint density at radius 3 is 3.19 bits per heavy atom. The van der Waals surface area contributed by atoms with E-state index in [9.17, 15) is 4.79 Å². The number of carboxylic acids is 1. The van der Waals surface area contributed by atoms with Crippen LogP contribution in [-0.4, -0.2) is 32.5 Å². The van der Waals surface area contributed by atoms with Gasteiger partial charge in [-0.25, -0.2) is 4.98 Å². The van der Waals surface area contributed by atoms with Crippen LogP contribution >= 0.6 is 11.6 Å². The van der Waals surface area contributed by atoms with Crippen LogP contribution in [0.2, 0.25) is 0 Å². The first-order valence-corrected chi connectivity index (χ1v) is 5.69. The van der Waals surface area contributed by atoms with Gasteiger partial charge in [-0.15, -0.1) is 11.6 Å². The number of carbonyl (C=O) groups is 1. The third-order valence-electron chi connectivity index (χ3n) is 2.76. The molecule has 1 unspecified atom stereocenters. The Labute approximate surface area is 98.0 Å². The van der Waals surface area contributed by atoms with Gasteiger partial charge in [-0.3, -0.25) is 4.79 Å². The zero-order valence-electron chi connectivity index (χ0n) is 8.74. The molecular weight excluding hydrogens is 230 g/mol. The zero-order valence-corrected chi connectivity index (χ0v) is 9.50. The molecule has 1 aliphatic carbocycles. The number of nitrogens with zero attached hydrogens (tertiary/aromatic N) is 1. The quantitative estimate of drug-likeness (QED) is 0.673. The molecule has 2 atom stereocenters. The fraction of sp³-hybridized carbons (Fsp3) is 0.600. The average Bonchev–Trinajstić information content (AvgIpc) is 2.58. The van der Waals surface area contributed by atoms with Gasteiger partial charge in [0.25, 0.3) is 0 Å². The summed E-state index contributed by atoms with van der Waals surface area (Å²) < 4.78 is 0. The molecule has 88 valence electrons. The van der Waals surface area contributed by atoms with Crippen molar-refractivity contribution in [2.24, 2.45) is 5.73 Å². The minimum Gasteiger partial charge on any atom is -0.480 e. The Balaban J connectivity index is 2.10. The van der Waals surface area contributed by atoms with E-state index in [1.54, 1.807) is 0 Å². The number of nitrogens with two attached hydrogens (primary N) is 1. The summed E-state index contributed by atoms with van der Waals surface area (Å²) in [4.78, 5) is 18.1. The fourth-order valence-corrected chi connectivity index (χ4v) is 2.15. The molecule has 0 aromatic carbocycles. The van der Waals surface area contributed by atoms with Crippen molar-refractivity contribution in [3.8, 4) is 0 Å². The van der Waals surface area contributed by atoms with Gasteiger partial charge in [0, 0.05) is 23.9 Å². The summed E-state index contributed by atoms with van der Waals surface area (Å²) in [5.41, 5.74) is 7.48. The van der Waals surface area contributed by atoms with Gasteiger partial charge in [0.15, 0.2) is 0 Å². The van der Waals surface area contributed by atoms with Crippen molar-refractivity contribution in [1.82, 2.24) is 9.97 Å². The first kappa shape index (κ1) is 11.4. The minimum absolute atomic E-state index is 0.147. The topological polar surface area (TPSA) is 92.0 Å². The summed E-state index contributed by atoms with van der Waals surface area (Å²) in [6.45, 7) is 0. The SMILES string of the molecule is N[C@H](Cc1nc2c([nH]1)CC(Cl)CC2)C(=O)O. The van der Waals surface area contributed by atoms with E-state index in [1.165, 1.54) is 0 Å². The van der Waals surface area contributed by atoms with Crippen LogP contribution in [0.15, 0.2) is 0 Å². The highest BCUT2D eigenvalue weighted by Gasteiger charge is 2.22. The number of hydrogen-bond acceptors (Lipinski definition) is 3. The number of aromatic nitrogens is 2. The molecule has 0 radical (unpaired) electrons. The predicted molar refractivity (Wildman–Crippen MR) is 59.6 cm³/mol. The van der Waals surface area contributed by atoms with Crippen molar-refractivity contribution in [3.63, 3.8) is 0 Å². The maximum Gasteiger partial charge on any atom is 0.320 e. The Morgan fingerprint density at radius 2 is 2.50 bits per heavy atom. The van der Waals surface area contributed by atoms with Gasteiger partial charge in [-0.05, 0) is 12.8 Å². The smallest absolute Gasteiger partial charge is 0.320 e. The van der Waals surface area contributed by atoms with Crippen LogP contribution in [0.25, 0.3) is 0 Å². The van der Waals surface area contributed by atoms with Crippen molar-refractivity contribution in [2.75, 3.05) is 0 Å².